The second-order valence-electron chi connectivity index (χ2n) is 6.19. The van der Waals surface area contributed by atoms with Gasteiger partial charge in [0.2, 0.25) is 6.41 Å². The molecule has 2 aromatic rings. The number of hydrogen-bond donors (Lipinski definition) is 1. The number of rotatable bonds is 4. The molecule has 1 aliphatic rings. The lowest BCUT2D eigenvalue weighted by atomic mass is 10.1. The standard InChI is InChI=1S/C19H16F3N3O3/c20-14-5-6-15(17(22)16(14)21)23-18(27)12-1-3-13(4-2-12)19(28)25-9-7-24(11-26)8-10-25/h1-6,11H,7-10H2,(H,23,27). The molecule has 0 spiro atoms. The van der Waals surface area contributed by atoms with Crippen LogP contribution < -0.4 is 5.32 Å². The Kier molecular flexibility index (Phi) is 5.62. The monoisotopic (exact) mass is 391 g/mol. The Hall–Kier alpha value is -3.36. The van der Waals surface area contributed by atoms with Gasteiger partial charge in [0.1, 0.15) is 0 Å². The van der Waals surface area contributed by atoms with Crippen molar-refractivity contribution in [1.82, 2.24) is 9.80 Å². The van der Waals surface area contributed by atoms with Crippen molar-refractivity contribution in [3.05, 3.63) is 65.0 Å². The maximum absolute atomic E-state index is 13.7. The second kappa shape index (κ2) is 8.12. The van der Waals surface area contributed by atoms with Gasteiger partial charge in [0.25, 0.3) is 11.8 Å². The van der Waals surface area contributed by atoms with Gasteiger partial charge in [-0.05, 0) is 36.4 Å². The third kappa shape index (κ3) is 3.98. The lowest BCUT2D eigenvalue weighted by molar-refractivity contribution is -0.119. The highest BCUT2D eigenvalue weighted by Crippen LogP contribution is 2.20. The van der Waals surface area contributed by atoms with Crippen LogP contribution in [0.2, 0.25) is 0 Å². The number of carbonyl (C=O) groups excluding carboxylic acids is 3. The first-order chi connectivity index (χ1) is 13.4. The molecule has 1 N–H and O–H groups in total. The zero-order valence-corrected chi connectivity index (χ0v) is 14.6. The molecule has 3 amide bonds. The SMILES string of the molecule is O=CN1CCN(C(=O)c2ccc(C(=O)Nc3ccc(F)c(F)c3F)cc2)CC1. The molecule has 0 atom stereocenters. The Morgan fingerprint density at radius 2 is 1.46 bits per heavy atom. The van der Waals surface area contributed by atoms with E-state index in [0.29, 0.717) is 37.8 Å². The van der Waals surface area contributed by atoms with Crippen LogP contribution in [-0.2, 0) is 4.79 Å². The van der Waals surface area contributed by atoms with Crippen molar-refractivity contribution in [1.29, 1.82) is 0 Å². The fourth-order valence-electron chi connectivity index (χ4n) is 2.79. The van der Waals surface area contributed by atoms with Crippen molar-refractivity contribution >= 4 is 23.9 Å². The minimum Gasteiger partial charge on any atom is -0.342 e. The largest absolute Gasteiger partial charge is 0.342 e. The molecule has 0 bridgehead atoms. The maximum Gasteiger partial charge on any atom is 0.255 e. The molecular weight excluding hydrogens is 375 g/mol. The van der Waals surface area contributed by atoms with Crippen LogP contribution in [0, 0.1) is 17.5 Å². The zero-order chi connectivity index (χ0) is 20.3. The van der Waals surface area contributed by atoms with E-state index < -0.39 is 29.0 Å². The van der Waals surface area contributed by atoms with E-state index in [9.17, 15) is 27.6 Å². The second-order valence-corrected chi connectivity index (χ2v) is 6.19. The normalized spacial score (nSPS) is 14.0. The molecule has 0 aliphatic carbocycles. The maximum atomic E-state index is 13.7. The van der Waals surface area contributed by atoms with Gasteiger partial charge in [0.15, 0.2) is 17.5 Å². The summed E-state index contributed by atoms with van der Waals surface area (Å²) in [7, 11) is 0. The molecule has 0 saturated carbocycles. The number of nitrogens with zero attached hydrogens (tertiary/aromatic N) is 2. The third-order valence-electron chi connectivity index (χ3n) is 4.43. The highest BCUT2D eigenvalue weighted by molar-refractivity contribution is 6.05. The van der Waals surface area contributed by atoms with Crippen LogP contribution in [0.4, 0.5) is 18.9 Å². The van der Waals surface area contributed by atoms with Crippen molar-refractivity contribution in [2.24, 2.45) is 0 Å². The zero-order valence-electron chi connectivity index (χ0n) is 14.6. The average Bonchev–Trinajstić information content (AvgIpc) is 2.73. The first kappa shape index (κ1) is 19.4. The first-order valence-corrected chi connectivity index (χ1v) is 8.44. The van der Waals surface area contributed by atoms with E-state index >= 15 is 0 Å². The van der Waals surface area contributed by atoms with Gasteiger partial charge >= 0.3 is 0 Å². The summed E-state index contributed by atoms with van der Waals surface area (Å²) in [6.45, 7) is 1.73. The topological polar surface area (TPSA) is 69.7 Å². The van der Waals surface area contributed by atoms with E-state index in [1.807, 2.05) is 0 Å². The molecule has 1 heterocycles. The van der Waals surface area contributed by atoms with Crippen molar-refractivity contribution in [2.45, 2.75) is 0 Å². The van der Waals surface area contributed by atoms with Crippen LogP contribution in [0.5, 0.6) is 0 Å². The van der Waals surface area contributed by atoms with Gasteiger partial charge in [-0.15, -0.1) is 0 Å². The number of carbonyl (C=O) groups is 3. The molecule has 6 nitrogen and oxygen atoms in total. The van der Waals surface area contributed by atoms with Crippen LogP contribution in [0.1, 0.15) is 20.7 Å². The van der Waals surface area contributed by atoms with Crippen LogP contribution in [-0.4, -0.2) is 54.2 Å². The van der Waals surface area contributed by atoms with Gasteiger partial charge in [-0.2, -0.15) is 0 Å². The summed E-state index contributed by atoms with van der Waals surface area (Å²) in [4.78, 5) is 38.6. The Labute approximate surface area is 158 Å². The molecule has 0 aromatic heterocycles. The van der Waals surface area contributed by atoms with Gasteiger partial charge in [-0.25, -0.2) is 13.2 Å². The number of benzene rings is 2. The summed E-state index contributed by atoms with van der Waals surface area (Å²) in [5, 5.41) is 2.16. The minimum atomic E-state index is -1.67. The van der Waals surface area contributed by atoms with Crippen molar-refractivity contribution in [3.8, 4) is 0 Å². The summed E-state index contributed by atoms with van der Waals surface area (Å²) in [5.41, 5.74) is -0.0151. The van der Waals surface area contributed by atoms with Crippen LogP contribution in [0.3, 0.4) is 0 Å². The van der Waals surface area contributed by atoms with E-state index in [1.54, 1.807) is 9.80 Å². The first-order valence-electron chi connectivity index (χ1n) is 8.44. The van der Waals surface area contributed by atoms with E-state index in [-0.39, 0.29) is 11.5 Å². The average molecular weight is 391 g/mol. The third-order valence-corrected chi connectivity index (χ3v) is 4.43. The quantitative estimate of drug-likeness (QED) is 0.642. The number of nitrogens with one attached hydrogen (secondary N) is 1. The van der Waals surface area contributed by atoms with Crippen LogP contribution in [0.25, 0.3) is 0 Å². The molecule has 146 valence electrons. The molecule has 0 radical (unpaired) electrons. The molecular formula is C19H16F3N3O3. The fourth-order valence-corrected chi connectivity index (χ4v) is 2.79. The molecule has 2 aromatic carbocycles. The summed E-state index contributed by atoms with van der Waals surface area (Å²) >= 11 is 0. The number of amides is 3. The highest BCUT2D eigenvalue weighted by atomic mass is 19.2. The lowest BCUT2D eigenvalue weighted by Gasteiger charge is -2.32. The molecule has 1 fully saturated rings. The number of piperazine rings is 1. The Morgan fingerprint density at radius 1 is 0.857 bits per heavy atom. The minimum absolute atomic E-state index is 0.117. The summed E-state index contributed by atoms with van der Waals surface area (Å²) < 4.78 is 39.9. The predicted molar refractivity (Wildman–Crippen MR) is 94.3 cm³/mol. The van der Waals surface area contributed by atoms with Crippen molar-refractivity contribution in [3.63, 3.8) is 0 Å². The number of hydrogen-bond acceptors (Lipinski definition) is 3. The van der Waals surface area contributed by atoms with Crippen molar-refractivity contribution < 1.29 is 27.6 Å². The molecule has 3 rings (SSSR count). The molecule has 9 heteroatoms. The summed E-state index contributed by atoms with van der Waals surface area (Å²) in [6, 6.07) is 7.28. The van der Waals surface area contributed by atoms with E-state index in [1.165, 1.54) is 24.3 Å². The molecule has 1 saturated heterocycles. The van der Waals surface area contributed by atoms with E-state index in [4.69, 9.17) is 0 Å². The fraction of sp³-hybridized carbons (Fsp3) is 0.211. The highest BCUT2D eigenvalue weighted by Gasteiger charge is 2.22. The summed E-state index contributed by atoms with van der Waals surface area (Å²) in [5.74, 6) is -5.48. The summed E-state index contributed by atoms with van der Waals surface area (Å²) in [6.07, 6.45) is 0.741. The van der Waals surface area contributed by atoms with Gasteiger partial charge < -0.3 is 15.1 Å². The lowest BCUT2D eigenvalue weighted by Crippen LogP contribution is -2.48. The van der Waals surface area contributed by atoms with Crippen LogP contribution in [0.15, 0.2) is 36.4 Å². The van der Waals surface area contributed by atoms with Gasteiger partial charge in [-0.1, -0.05) is 0 Å². The van der Waals surface area contributed by atoms with Gasteiger partial charge in [0, 0.05) is 37.3 Å². The van der Waals surface area contributed by atoms with Gasteiger partial charge in [-0.3, -0.25) is 14.4 Å². The van der Waals surface area contributed by atoms with Crippen LogP contribution >= 0.6 is 0 Å². The molecule has 1 aliphatic heterocycles. The Balaban J connectivity index is 1.67. The predicted octanol–water partition coefficient (Wildman–Crippen LogP) is 2.27. The Bertz CT molecular complexity index is 911. The number of halogens is 3. The smallest absolute Gasteiger partial charge is 0.255 e. The molecule has 28 heavy (non-hydrogen) atoms. The van der Waals surface area contributed by atoms with E-state index in [0.717, 1.165) is 12.5 Å². The van der Waals surface area contributed by atoms with Crippen molar-refractivity contribution in [2.75, 3.05) is 31.5 Å². The number of anilines is 1. The Morgan fingerprint density at radius 3 is 2.07 bits per heavy atom. The van der Waals surface area contributed by atoms with E-state index in [2.05, 4.69) is 5.32 Å². The van der Waals surface area contributed by atoms with Gasteiger partial charge in [0.05, 0.1) is 5.69 Å². The molecule has 0 unspecified atom stereocenters.